The fourth-order valence-corrected chi connectivity index (χ4v) is 3.62. The molecular formula is C24H21NO9. The molecule has 0 saturated heterocycles. The molecule has 0 spiro atoms. The minimum atomic E-state index is -0.725. The monoisotopic (exact) mass is 467 g/mol. The number of ether oxygens (including phenoxy) is 4. The van der Waals surface area contributed by atoms with Crippen LogP contribution in [0.3, 0.4) is 0 Å². The van der Waals surface area contributed by atoms with Crippen LogP contribution < -0.4 is 29.9 Å². The summed E-state index contributed by atoms with van der Waals surface area (Å²) >= 11 is 0. The molecule has 2 aromatic carbocycles. The zero-order valence-corrected chi connectivity index (χ0v) is 18.7. The minimum absolute atomic E-state index is 0.0459. The first-order chi connectivity index (χ1) is 16.2. The quantitative estimate of drug-likeness (QED) is 0.330. The summed E-state index contributed by atoms with van der Waals surface area (Å²) < 4.78 is 26.3. The van der Waals surface area contributed by atoms with Crippen LogP contribution in [0, 0.1) is 6.92 Å². The van der Waals surface area contributed by atoms with Crippen LogP contribution in [0.5, 0.6) is 23.0 Å². The number of aryl methyl sites for hydroxylation is 1. The van der Waals surface area contributed by atoms with E-state index < -0.39 is 23.5 Å². The van der Waals surface area contributed by atoms with E-state index in [1.807, 2.05) is 0 Å². The van der Waals surface area contributed by atoms with E-state index in [0.29, 0.717) is 22.4 Å². The highest BCUT2D eigenvalue weighted by Gasteiger charge is 2.20. The second-order valence-corrected chi connectivity index (χ2v) is 7.62. The molecule has 1 aliphatic heterocycles. The Hall–Kier alpha value is -4.34. The van der Waals surface area contributed by atoms with E-state index in [0.717, 1.165) is 5.56 Å². The summed E-state index contributed by atoms with van der Waals surface area (Å²) in [6.45, 7) is 4.42. The zero-order chi connectivity index (χ0) is 24.4. The second kappa shape index (κ2) is 9.26. The first kappa shape index (κ1) is 22.8. The number of esters is 2. The molecule has 10 nitrogen and oxygen atoms in total. The molecule has 0 saturated carbocycles. The van der Waals surface area contributed by atoms with Crippen molar-refractivity contribution in [2.45, 2.75) is 33.7 Å². The van der Waals surface area contributed by atoms with Crippen molar-refractivity contribution >= 4 is 28.8 Å². The number of carbonyl (C=O) groups excluding carboxylic acids is 3. The van der Waals surface area contributed by atoms with E-state index in [1.54, 1.807) is 25.1 Å². The van der Waals surface area contributed by atoms with Gasteiger partial charge in [0.25, 0.3) is 0 Å². The van der Waals surface area contributed by atoms with Crippen molar-refractivity contribution in [3.8, 4) is 23.0 Å². The lowest BCUT2D eigenvalue weighted by atomic mass is 10.0. The van der Waals surface area contributed by atoms with Gasteiger partial charge in [-0.15, -0.1) is 0 Å². The van der Waals surface area contributed by atoms with E-state index in [2.05, 4.69) is 5.32 Å². The third kappa shape index (κ3) is 4.85. The Morgan fingerprint density at radius 1 is 1.00 bits per heavy atom. The molecule has 1 aliphatic rings. The molecule has 34 heavy (non-hydrogen) atoms. The van der Waals surface area contributed by atoms with Crippen molar-refractivity contribution in [1.82, 2.24) is 5.32 Å². The highest BCUT2D eigenvalue weighted by molar-refractivity contribution is 5.92. The summed E-state index contributed by atoms with van der Waals surface area (Å²) in [5.41, 5.74) is 0.661. The van der Waals surface area contributed by atoms with Gasteiger partial charge >= 0.3 is 17.6 Å². The number of hydrogen-bond donors (Lipinski definition) is 1. The van der Waals surface area contributed by atoms with Crippen LogP contribution in [0.4, 0.5) is 0 Å². The van der Waals surface area contributed by atoms with Crippen LogP contribution in [0.2, 0.25) is 0 Å². The number of hydrogen-bond acceptors (Lipinski definition) is 9. The normalized spacial score (nSPS) is 11.9. The molecule has 1 amide bonds. The summed E-state index contributed by atoms with van der Waals surface area (Å²) in [5.74, 6) is -0.280. The Morgan fingerprint density at radius 2 is 1.74 bits per heavy atom. The summed E-state index contributed by atoms with van der Waals surface area (Å²) in [6.07, 6.45) is -0.250. The number of nitrogens with one attached hydrogen (secondary N) is 1. The van der Waals surface area contributed by atoms with Crippen molar-refractivity contribution in [2.24, 2.45) is 0 Å². The van der Waals surface area contributed by atoms with Crippen LogP contribution in [0.25, 0.3) is 11.0 Å². The molecule has 2 heterocycles. The molecule has 0 atom stereocenters. The van der Waals surface area contributed by atoms with Gasteiger partial charge < -0.3 is 28.7 Å². The lowest BCUT2D eigenvalue weighted by molar-refractivity contribution is -0.132. The first-order valence-electron chi connectivity index (χ1n) is 10.3. The van der Waals surface area contributed by atoms with Crippen molar-refractivity contribution in [3.63, 3.8) is 0 Å². The Labute approximate surface area is 193 Å². The molecule has 4 rings (SSSR count). The Morgan fingerprint density at radius 3 is 2.47 bits per heavy atom. The summed E-state index contributed by atoms with van der Waals surface area (Å²) in [5, 5.41) is 3.08. The molecule has 0 aliphatic carbocycles. The number of fused-ring (bicyclic) bond motifs is 2. The predicted molar refractivity (Wildman–Crippen MR) is 118 cm³/mol. The van der Waals surface area contributed by atoms with E-state index in [9.17, 15) is 19.2 Å². The van der Waals surface area contributed by atoms with Crippen LogP contribution in [0.15, 0.2) is 39.5 Å². The molecule has 0 bridgehead atoms. The van der Waals surface area contributed by atoms with Crippen molar-refractivity contribution < 1.29 is 37.7 Å². The fraction of sp³-hybridized carbons (Fsp3) is 0.250. The molecule has 10 heteroatoms. The van der Waals surface area contributed by atoms with Gasteiger partial charge in [-0.25, -0.2) is 4.79 Å². The summed E-state index contributed by atoms with van der Waals surface area (Å²) in [4.78, 5) is 48.2. The van der Waals surface area contributed by atoms with Gasteiger partial charge in [0.05, 0.1) is 17.4 Å². The van der Waals surface area contributed by atoms with Gasteiger partial charge in [-0.1, -0.05) is 6.07 Å². The van der Waals surface area contributed by atoms with E-state index >= 15 is 0 Å². The Bertz CT molecular complexity index is 1370. The van der Waals surface area contributed by atoms with E-state index in [4.69, 9.17) is 23.4 Å². The van der Waals surface area contributed by atoms with Crippen molar-refractivity contribution in [1.29, 1.82) is 0 Å². The molecule has 1 aromatic heterocycles. The lowest BCUT2D eigenvalue weighted by Gasteiger charge is -2.13. The van der Waals surface area contributed by atoms with Crippen LogP contribution in [-0.4, -0.2) is 24.6 Å². The van der Waals surface area contributed by atoms with Gasteiger partial charge in [-0.3, -0.25) is 14.4 Å². The number of carbonyl (C=O) groups is 3. The number of benzene rings is 2. The van der Waals surface area contributed by atoms with Gasteiger partial charge in [0.1, 0.15) is 17.1 Å². The molecular weight excluding hydrogens is 446 g/mol. The minimum Gasteiger partial charge on any atom is -0.454 e. The third-order valence-electron chi connectivity index (χ3n) is 5.10. The summed E-state index contributed by atoms with van der Waals surface area (Å²) in [6, 6.07) is 8.02. The van der Waals surface area contributed by atoms with Crippen molar-refractivity contribution in [2.75, 3.05) is 6.79 Å². The first-order valence-corrected chi connectivity index (χ1v) is 10.3. The van der Waals surface area contributed by atoms with Crippen molar-refractivity contribution in [3.05, 3.63) is 57.4 Å². The zero-order valence-electron chi connectivity index (χ0n) is 18.7. The maximum absolute atomic E-state index is 12.7. The fourth-order valence-electron chi connectivity index (χ4n) is 3.62. The maximum Gasteiger partial charge on any atom is 0.340 e. The van der Waals surface area contributed by atoms with Gasteiger partial charge in [0.15, 0.2) is 11.5 Å². The molecule has 0 fully saturated rings. The smallest absolute Gasteiger partial charge is 0.340 e. The second-order valence-electron chi connectivity index (χ2n) is 7.62. The average Bonchev–Trinajstić information content (AvgIpc) is 3.22. The average molecular weight is 467 g/mol. The molecule has 0 unspecified atom stereocenters. The number of rotatable bonds is 6. The molecule has 1 N–H and O–H groups in total. The SMILES string of the molecule is CC(=O)Oc1cc(OC(C)=O)c2c(C)c(CC(=O)NCc3ccc4c(c3)OCO4)c(=O)oc2c1. The molecule has 0 radical (unpaired) electrons. The highest BCUT2D eigenvalue weighted by atomic mass is 16.7. The lowest BCUT2D eigenvalue weighted by Crippen LogP contribution is -2.27. The van der Waals surface area contributed by atoms with Crippen LogP contribution >= 0.6 is 0 Å². The Balaban J connectivity index is 1.60. The third-order valence-corrected chi connectivity index (χ3v) is 5.10. The van der Waals surface area contributed by atoms with E-state index in [-0.39, 0.29) is 42.4 Å². The van der Waals surface area contributed by atoms with Gasteiger partial charge in [-0.05, 0) is 30.2 Å². The molecule has 3 aromatic rings. The largest absolute Gasteiger partial charge is 0.454 e. The van der Waals surface area contributed by atoms with Crippen LogP contribution in [-0.2, 0) is 27.3 Å². The standard InChI is InChI=1S/C24H21NO9/c1-12-17(9-22(28)25-10-15-4-5-18-19(6-15)31-11-30-18)24(29)34-21-8-16(32-13(2)26)7-20(23(12)21)33-14(3)27/h4-8H,9-11H2,1-3H3,(H,25,28). The van der Waals surface area contributed by atoms with Gasteiger partial charge in [0.2, 0.25) is 12.7 Å². The van der Waals surface area contributed by atoms with Gasteiger partial charge in [-0.2, -0.15) is 0 Å². The highest BCUT2D eigenvalue weighted by Crippen LogP contribution is 2.35. The predicted octanol–water partition coefficient (Wildman–Crippen LogP) is 2.54. The topological polar surface area (TPSA) is 130 Å². The maximum atomic E-state index is 12.7. The molecule has 176 valence electrons. The summed E-state index contributed by atoms with van der Waals surface area (Å²) in [7, 11) is 0. The van der Waals surface area contributed by atoms with Gasteiger partial charge in [0, 0.05) is 32.5 Å². The van der Waals surface area contributed by atoms with Crippen LogP contribution in [0.1, 0.15) is 30.5 Å². The Kier molecular flexibility index (Phi) is 6.22. The van der Waals surface area contributed by atoms with E-state index in [1.165, 1.54) is 26.0 Å². The number of amides is 1.